The van der Waals surface area contributed by atoms with Gasteiger partial charge in [0.05, 0.1) is 4.92 Å². The molecular formula is C15H14Cl2N2O2. The van der Waals surface area contributed by atoms with Crippen LogP contribution in [0.4, 0.5) is 11.4 Å². The Labute approximate surface area is 132 Å². The summed E-state index contributed by atoms with van der Waals surface area (Å²) >= 11 is 12.2. The zero-order valence-electron chi connectivity index (χ0n) is 11.6. The molecule has 0 aliphatic heterocycles. The summed E-state index contributed by atoms with van der Waals surface area (Å²) in [4.78, 5) is 10.6. The third kappa shape index (κ3) is 3.46. The van der Waals surface area contributed by atoms with E-state index in [1.165, 1.54) is 6.07 Å². The van der Waals surface area contributed by atoms with Crippen LogP contribution in [0.3, 0.4) is 0 Å². The molecule has 110 valence electrons. The molecule has 0 saturated heterocycles. The lowest BCUT2D eigenvalue weighted by Crippen LogP contribution is -2.04. The fourth-order valence-electron chi connectivity index (χ4n) is 2.11. The lowest BCUT2D eigenvalue weighted by Gasteiger charge is -2.12. The Balaban J connectivity index is 2.28. The molecule has 0 aliphatic rings. The van der Waals surface area contributed by atoms with E-state index in [0.717, 1.165) is 11.1 Å². The summed E-state index contributed by atoms with van der Waals surface area (Å²) in [5.41, 5.74) is 3.13. The number of nitro benzene ring substituents is 1. The van der Waals surface area contributed by atoms with Crippen molar-refractivity contribution in [2.24, 2.45) is 0 Å². The van der Waals surface area contributed by atoms with E-state index in [9.17, 15) is 10.1 Å². The quantitative estimate of drug-likeness (QED) is 0.626. The first-order valence-corrected chi connectivity index (χ1v) is 7.08. The van der Waals surface area contributed by atoms with Crippen molar-refractivity contribution in [3.63, 3.8) is 0 Å². The molecule has 0 spiro atoms. The first-order chi connectivity index (χ1) is 9.90. The molecule has 21 heavy (non-hydrogen) atoms. The largest absolute Gasteiger partial charge is 0.380 e. The van der Waals surface area contributed by atoms with Gasteiger partial charge < -0.3 is 5.32 Å². The van der Waals surface area contributed by atoms with Crippen LogP contribution in [0.2, 0.25) is 10.0 Å². The van der Waals surface area contributed by atoms with Gasteiger partial charge in [-0.3, -0.25) is 10.1 Å². The molecule has 2 rings (SSSR count). The molecule has 0 atom stereocenters. The second kappa shape index (κ2) is 6.33. The maximum Gasteiger partial charge on any atom is 0.274 e. The Hall–Kier alpha value is -1.78. The van der Waals surface area contributed by atoms with E-state index in [4.69, 9.17) is 23.2 Å². The highest BCUT2D eigenvalue weighted by atomic mass is 35.5. The standard InChI is InChI=1S/C15H14Cl2N2O2/c1-9-6-10(2)15(19(20)21)7-14(9)18-8-11-12(16)4-3-5-13(11)17/h3-7,18H,8H2,1-2H3. The van der Waals surface area contributed by atoms with E-state index in [1.54, 1.807) is 31.2 Å². The molecule has 0 saturated carbocycles. The van der Waals surface area contributed by atoms with Crippen LogP contribution in [0, 0.1) is 24.0 Å². The number of nitrogens with one attached hydrogen (secondary N) is 1. The molecule has 0 heterocycles. The first-order valence-electron chi connectivity index (χ1n) is 6.32. The van der Waals surface area contributed by atoms with Crippen molar-refractivity contribution in [1.29, 1.82) is 0 Å². The number of hydrogen-bond donors (Lipinski definition) is 1. The lowest BCUT2D eigenvalue weighted by atomic mass is 10.1. The number of anilines is 1. The predicted octanol–water partition coefficient (Wildman–Crippen LogP) is 5.13. The van der Waals surface area contributed by atoms with E-state index in [0.29, 0.717) is 27.8 Å². The highest BCUT2D eigenvalue weighted by Gasteiger charge is 2.14. The predicted molar refractivity (Wildman–Crippen MR) is 86.4 cm³/mol. The highest BCUT2D eigenvalue weighted by Crippen LogP contribution is 2.29. The zero-order chi connectivity index (χ0) is 15.6. The van der Waals surface area contributed by atoms with Gasteiger partial charge in [-0.15, -0.1) is 0 Å². The maximum atomic E-state index is 11.0. The number of benzene rings is 2. The fourth-order valence-corrected chi connectivity index (χ4v) is 2.64. The number of aryl methyl sites for hydroxylation is 2. The number of rotatable bonds is 4. The average molecular weight is 325 g/mol. The molecule has 0 aromatic heterocycles. The Morgan fingerprint density at radius 1 is 1.14 bits per heavy atom. The third-order valence-corrected chi connectivity index (χ3v) is 3.97. The Morgan fingerprint density at radius 3 is 2.33 bits per heavy atom. The molecule has 0 unspecified atom stereocenters. The summed E-state index contributed by atoms with van der Waals surface area (Å²) in [5, 5.41) is 15.3. The molecule has 0 aliphatic carbocycles. The van der Waals surface area contributed by atoms with Gasteiger partial charge in [0.2, 0.25) is 0 Å². The van der Waals surface area contributed by atoms with Crippen molar-refractivity contribution in [3.8, 4) is 0 Å². The van der Waals surface area contributed by atoms with Gasteiger partial charge in [-0.2, -0.15) is 0 Å². The second-order valence-corrected chi connectivity index (χ2v) is 5.58. The molecule has 6 heteroatoms. The maximum absolute atomic E-state index is 11.0. The minimum atomic E-state index is -0.386. The number of hydrogen-bond acceptors (Lipinski definition) is 3. The second-order valence-electron chi connectivity index (χ2n) is 4.76. The van der Waals surface area contributed by atoms with Crippen LogP contribution in [0.1, 0.15) is 16.7 Å². The van der Waals surface area contributed by atoms with Gasteiger partial charge in [0, 0.05) is 39.5 Å². The monoisotopic (exact) mass is 324 g/mol. The van der Waals surface area contributed by atoms with Crippen LogP contribution in [-0.4, -0.2) is 4.92 Å². The lowest BCUT2D eigenvalue weighted by molar-refractivity contribution is -0.385. The molecule has 0 amide bonds. The summed E-state index contributed by atoms with van der Waals surface area (Å²) in [6.07, 6.45) is 0. The Bertz CT molecular complexity index is 682. The van der Waals surface area contributed by atoms with Crippen LogP contribution in [0.5, 0.6) is 0 Å². The summed E-state index contributed by atoms with van der Waals surface area (Å²) in [6, 6.07) is 8.62. The molecule has 1 N–H and O–H groups in total. The molecule has 2 aromatic rings. The minimum Gasteiger partial charge on any atom is -0.380 e. The molecule has 0 fully saturated rings. The third-order valence-electron chi connectivity index (χ3n) is 3.26. The van der Waals surface area contributed by atoms with Crippen LogP contribution in [0.15, 0.2) is 30.3 Å². The Morgan fingerprint density at radius 2 is 1.76 bits per heavy atom. The van der Waals surface area contributed by atoms with Gasteiger partial charge in [0.1, 0.15) is 0 Å². The SMILES string of the molecule is Cc1cc(C)c([N+](=O)[O-])cc1NCc1c(Cl)cccc1Cl. The smallest absolute Gasteiger partial charge is 0.274 e. The number of halogens is 2. The first kappa shape index (κ1) is 15.6. The van der Waals surface area contributed by atoms with Crippen molar-refractivity contribution in [3.05, 3.63) is 67.2 Å². The normalized spacial score (nSPS) is 10.5. The van der Waals surface area contributed by atoms with E-state index >= 15 is 0 Å². The van der Waals surface area contributed by atoms with E-state index in [2.05, 4.69) is 5.32 Å². The zero-order valence-corrected chi connectivity index (χ0v) is 13.1. The molecule has 2 aromatic carbocycles. The molecule has 0 bridgehead atoms. The number of nitro groups is 1. The van der Waals surface area contributed by atoms with Crippen molar-refractivity contribution in [2.75, 3.05) is 5.32 Å². The van der Waals surface area contributed by atoms with Gasteiger partial charge in [0.15, 0.2) is 0 Å². The fraction of sp³-hybridized carbons (Fsp3) is 0.200. The van der Waals surface area contributed by atoms with Crippen LogP contribution in [-0.2, 0) is 6.54 Å². The van der Waals surface area contributed by atoms with E-state index in [1.807, 2.05) is 6.92 Å². The van der Waals surface area contributed by atoms with Crippen molar-refractivity contribution in [2.45, 2.75) is 20.4 Å². The van der Waals surface area contributed by atoms with Crippen LogP contribution in [0.25, 0.3) is 0 Å². The molecular weight excluding hydrogens is 311 g/mol. The minimum absolute atomic E-state index is 0.0911. The topological polar surface area (TPSA) is 55.2 Å². The van der Waals surface area contributed by atoms with Crippen molar-refractivity contribution in [1.82, 2.24) is 0 Å². The summed E-state index contributed by atoms with van der Waals surface area (Å²) in [7, 11) is 0. The molecule has 0 radical (unpaired) electrons. The van der Waals surface area contributed by atoms with Crippen molar-refractivity contribution >= 4 is 34.6 Å². The van der Waals surface area contributed by atoms with Gasteiger partial charge in [-0.1, -0.05) is 29.3 Å². The molecule has 4 nitrogen and oxygen atoms in total. The van der Waals surface area contributed by atoms with Crippen LogP contribution >= 0.6 is 23.2 Å². The Kier molecular flexibility index (Phi) is 4.70. The van der Waals surface area contributed by atoms with E-state index in [-0.39, 0.29) is 10.6 Å². The average Bonchev–Trinajstić information content (AvgIpc) is 2.39. The van der Waals surface area contributed by atoms with Gasteiger partial charge in [0.25, 0.3) is 5.69 Å². The van der Waals surface area contributed by atoms with Gasteiger partial charge in [-0.05, 0) is 37.6 Å². The van der Waals surface area contributed by atoms with E-state index < -0.39 is 0 Å². The van der Waals surface area contributed by atoms with Crippen molar-refractivity contribution < 1.29 is 4.92 Å². The number of nitrogens with zero attached hydrogens (tertiary/aromatic N) is 1. The summed E-state index contributed by atoms with van der Waals surface area (Å²) < 4.78 is 0. The van der Waals surface area contributed by atoms with Gasteiger partial charge >= 0.3 is 0 Å². The van der Waals surface area contributed by atoms with Gasteiger partial charge in [-0.25, -0.2) is 0 Å². The van der Waals surface area contributed by atoms with Crippen LogP contribution < -0.4 is 5.32 Å². The highest BCUT2D eigenvalue weighted by molar-refractivity contribution is 6.36. The summed E-state index contributed by atoms with van der Waals surface area (Å²) in [6.45, 7) is 4.02. The summed E-state index contributed by atoms with van der Waals surface area (Å²) in [5.74, 6) is 0.